The van der Waals surface area contributed by atoms with Crippen molar-refractivity contribution in [2.45, 2.75) is 0 Å². The van der Waals surface area contributed by atoms with Gasteiger partial charge in [0.05, 0.1) is 0 Å². The Morgan fingerprint density at radius 1 is 0.812 bits per heavy atom. The fourth-order valence-electron chi connectivity index (χ4n) is 0.380. The van der Waals surface area contributed by atoms with Crippen molar-refractivity contribution in [3.8, 4) is 0 Å². The molecule has 0 fully saturated rings. The van der Waals surface area contributed by atoms with Crippen molar-refractivity contribution in [2.75, 3.05) is 12.7 Å². The third-order valence-corrected chi connectivity index (χ3v) is 3.05. The summed E-state index contributed by atoms with van der Waals surface area (Å²) < 4.78 is 6.81. The van der Waals surface area contributed by atoms with Crippen LogP contribution in [0.25, 0.3) is 0 Å². The molecule has 11 nitrogen and oxygen atoms in total. The van der Waals surface area contributed by atoms with Crippen LogP contribution in [0, 0.1) is 0 Å². The van der Waals surface area contributed by atoms with Gasteiger partial charge in [0.15, 0.2) is 0 Å². The molecule has 0 aromatic heterocycles. The van der Waals surface area contributed by atoms with Gasteiger partial charge in [-0.05, 0) is 0 Å². The Bertz CT molecular complexity index is 253. The van der Waals surface area contributed by atoms with Crippen LogP contribution in [0.5, 0.6) is 0 Å². The number of aliphatic hydroxyl groups excluding tert-OH is 2. The molecular formula is C3H12O11P2. The number of rotatable bonds is 4. The molecule has 0 bridgehead atoms. The average Bonchev–Trinajstić information content (AvgIpc) is 2.00. The molecule has 0 saturated heterocycles. The summed E-state index contributed by atoms with van der Waals surface area (Å²) in [4.78, 5) is 62.8. The Labute approximate surface area is 88.2 Å². The third kappa shape index (κ3) is 5.77. The number of aliphatic hydroxyl groups is 2. The number of carbonyl (C=O) groups excluding carboxylic acids is 1. The van der Waals surface area contributed by atoms with Gasteiger partial charge in [0.2, 0.25) is 0 Å². The van der Waals surface area contributed by atoms with Crippen LogP contribution in [0.4, 0.5) is 4.79 Å². The van der Waals surface area contributed by atoms with Gasteiger partial charge in [-0.25, -0.2) is 0 Å². The standard InChI is InChI=1S/C3H12O11P2/c4-1-15(7,8,9)13-3(6)14-16(10,11,12)2-5/h4-5,7-12H,1-2H2. The Kier molecular flexibility index (Phi) is 3.88. The average molecular weight is 286 g/mol. The molecule has 0 radical (unpaired) electrons. The first-order valence-electron chi connectivity index (χ1n) is 3.44. The van der Waals surface area contributed by atoms with Gasteiger partial charge in [-0.15, -0.1) is 0 Å². The molecule has 0 spiro atoms. The predicted molar refractivity (Wildman–Crippen MR) is 48.9 cm³/mol. The first kappa shape index (κ1) is 15.8. The van der Waals surface area contributed by atoms with Gasteiger partial charge >= 0.3 is 87.3 Å². The van der Waals surface area contributed by atoms with E-state index in [-0.39, 0.29) is 0 Å². The van der Waals surface area contributed by atoms with Crippen molar-refractivity contribution in [1.82, 2.24) is 0 Å². The molecule has 0 aliphatic carbocycles. The van der Waals surface area contributed by atoms with E-state index in [1.807, 2.05) is 0 Å². The zero-order valence-corrected chi connectivity index (χ0v) is 9.40. The van der Waals surface area contributed by atoms with E-state index in [0.29, 0.717) is 0 Å². The molecule has 0 amide bonds. The maximum absolute atomic E-state index is 10.6. The number of hydrogen-bond acceptors (Lipinski definition) is 11. The van der Waals surface area contributed by atoms with Crippen molar-refractivity contribution in [1.29, 1.82) is 0 Å². The van der Waals surface area contributed by atoms with Gasteiger partial charge in [-0.2, -0.15) is 0 Å². The molecule has 0 aromatic carbocycles. The van der Waals surface area contributed by atoms with Crippen molar-refractivity contribution in [3.05, 3.63) is 0 Å². The van der Waals surface area contributed by atoms with E-state index in [1.54, 1.807) is 0 Å². The van der Waals surface area contributed by atoms with Gasteiger partial charge in [0.1, 0.15) is 0 Å². The molecule has 13 heteroatoms. The van der Waals surface area contributed by atoms with Crippen LogP contribution in [0.1, 0.15) is 0 Å². The summed E-state index contributed by atoms with van der Waals surface area (Å²) in [7, 11) is -12.3. The van der Waals surface area contributed by atoms with Gasteiger partial charge < -0.3 is 0 Å². The molecular weight excluding hydrogens is 274 g/mol. The fourth-order valence-corrected chi connectivity index (χ4v) is 1.24. The van der Waals surface area contributed by atoms with Crippen LogP contribution < -0.4 is 0 Å². The zero-order valence-electron chi connectivity index (χ0n) is 7.61. The summed E-state index contributed by atoms with van der Waals surface area (Å²) in [5, 5.41) is 16.5. The Morgan fingerprint density at radius 3 is 1.25 bits per heavy atom. The molecule has 0 rings (SSSR count). The van der Waals surface area contributed by atoms with Crippen molar-refractivity contribution in [3.63, 3.8) is 0 Å². The third-order valence-electron chi connectivity index (χ3n) is 1.02. The number of hydrogen-bond donors (Lipinski definition) is 8. The SMILES string of the molecule is O=C(OP(O)(O)(O)CO)OP(O)(O)(O)CO. The number of carbonyl (C=O) groups is 1. The quantitative estimate of drug-likeness (QED) is 0.252. The van der Waals surface area contributed by atoms with E-state index >= 15 is 0 Å². The summed E-state index contributed by atoms with van der Waals surface area (Å²) >= 11 is 0. The summed E-state index contributed by atoms with van der Waals surface area (Å²) in [6.07, 6.45) is -5.84. The van der Waals surface area contributed by atoms with Crippen molar-refractivity contribution >= 4 is 21.2 Å². The fraction of sp³-hybridized carbons (Fsp3) is 0.667. The van der Waals surface area contributed by atoms with E-state index in [1.165, 1.54) is 0 Å². The van der Waals surface area contributed by atoms with Crippen LogP contribution in [0.2, 0.25) is 0 Å². The Hall–Kier alpha value is -0.190. The van der Waals surface area contributed by atoms with Gasteiger partial charge in [0.25, 0.3) is 0 Å². The normalized spacial score (nSPS) is 17.8. The second kappa shape index (κ2) is 3.93. The van der Waals surface area contributed by atoms with Gasteiger partial charge in [-0.3, -0.25) is 0 Å². The van der Waals surface area contributed by atoms with Gasteiger partial charge in [-0.1, -0.05) is 0 Å². The maximum atomic E-state index is 10.6. The summed E-state index contributed by atoms with van der Waals surface area (Å²) in [5.74, 6) is 0. The Morgan fingerprint density at radius 2 is 1.06 bits per heavy atom. The zero-order chi connectivity index (χ0) is 13.3. The van der Waals surface area contributed by atoms with Crippen molar-refractivity contribution < 1.29 is 53.4 Å². The second-order valence-corrected chi connectivity index (χ2v) is 8.05. The summed E-state index contributed by atoms with van der Waals surface area (Å²) in [6, 6.07) is 0. The summed E-state index contributed by atoms with van der Waals surface area (Å²) in [5.41, 5.74) is 0. The molecule has 0 atom stereocenters. The van der Waals surface area contributed by atoms with Crippen LogP contribution in [0.15, 0.2) is 0 Å². The minimum atomic E-state index is -6.16. The molecule has 0 aromatic rings. The predicted octanol–water partition coefficient (Wildman–Crippen LogP) is -2.58. The molecule has 0 heterocycles. The molecule has 0 aliphatic heterocycles. The molecule has 0 aliphatic rings. The molecule has 0 unspecified atom stereocenters. The Balaban J connectivity index is 4.66. The molecule has 8 N–H and O–H groups in total. The topological polar surface area (TPSA) is 197 Å². The second-order valence-electron chi connectivity index (χ2n) is 2.85. The minimum absolute atomic E-state index is 1.77. The van der Waals surface area contributed by atoms with Crippen LogP contribution in [-0.4, -0.2) is 58.4 Å². The monoisotopic (exact) mass is 286 g/mol. The molecule has 16 heavy (non-hydrogen) atoms. The van der Waals surface area contributed by atoms with Crippen LogP contribution >= 0.6 is 15.0 Å². The van der Waals surface area contributed by atoms with E-state index in [2.05, 4.69) is 9.05 Å². The van der Waals surface area contributed by atoms with Crippen LogP contribution in [-0.2, 0) is 9.05 Å². The summed E-state index contributed by atoms with van der Waals surface area (Å²) in [6.45, 7) is 0. The van der Waals surface area contributed by atoms with E-state index in [0.717, 1.165) is 0 Å². The van der Waals surface area contributed by atoms with E-state index < -0.39 is 33.9 Å². The molecule has 100 valence electrons. The van der Waals surface area contributed by atoms with E-state index in [9.17, 15) is 4.79 Å². The van der Waals surface area contributed by atoms with Gasteiger partial charge in [0, 0.05) is 0 Å². The van der Waals surface area contributed by atoms with E-state index in [4.69, 9.17) is 39.6 Å². The van der Waals surface area contributed by atoms with Crippen molar-refractivity contribution in [2.24, 2.45) is 0 Å². The van der Waals surface area contributed by atoms with Crippen LogP contribution in [0.3, 0.4) is 0 Å². The molecule has 0 saturated carbocycles. The first-order valence-corrected chi connectivity index (χ1v) is 7.84. The first-order chi connectivity index (χ1) is 6.76.